The second kappa shape index (κ2) is 12.2. The third kappa shape index (κ3) is 6.96. The fourth-order valence-electron chi connectivity index (χ4n) is 3.96. The first-order valence-corrected chi connectivity index (χ1v) is 12.2. The Balaban J connectivity index is 2.13. The summed E-state index contributed by atoms with van der Waals surface area (Å²) in [7, 11) is 0. The molecule has 1 aliphatic heterocycles. The third-order valence-corrected chi connectivity index (χ3v) is 5.72. The maximum Gasteiger partial charge on any atom is 0.303 e. The van der Waals surface area contributed by atoms with Gasteiger partial charge in [-0.2, -0.15) is 9.78 Å². The van der Waals surface area contributed by atoms with Gasteiger partial charge in [-0.3, -0.25) is 24.0 Å². The average Bonchev–Trinajstić information content (AvgIpc) is 3.22. The Morgan fingerprint density at radius 3 is 2.11 bits per heavy atom. The summed E-state index contributed by atoms with van der Waals surface area (Å²) < 4.78 is 29.1. The molecule has 0 radical (unpaired) electrons. The number of carbonyl (C=O) groups excluding carboxylic acids is 5. The van der Waals surface area contributed by atoms with Crippen molar-refractivity contribution in [2.45, 2.75) is 65.1 Å². The van der Waals surface area contributed by atoms with Crippen LogP contribution in [0.1, 0.15) is 45.0 Å². The molecular formula is C25H25BrN2O10. The highest BCUT2D eigenvalue weighted by atomic mass is 79.9. The molecule has 0 N–H and O–H groups in total. The number of aromatic nitrogens is 2. The number of benzene rings is 1. The number of hydrogen-bond acceptors (Lipinski definition) is 11. The van der Waals surface area contributed by atoms with E-state index in [2.05, 4.69) is 32.9 Å². The average molecular weight is 593 g/mol. The summed E-state index contributed by atoms with van der Waals surface area (Å²) in [6, 6.07) is 3.43. The Hall–Kier alpha value is -3.76. The Bertz CT molecular complexity index is 1340. The standard InChI is InChI=1S/C25H25BrN2O10/c1-12(29)28-22-17(8-19(26)9-18(22)10-27-28)6-7-20-23(35-14(3)31)25(37-16(5)33)24(36-15(4)32)21(38-20)11-34-13(2)30/h8-10,20-21,23-25H,11H2,1-5H3/t20-,21-,23-,24-,25-/m1/s1. The molecule has 1 saturated heterocycles. The Morgan fingerprint density at radius 2 is 1.53 bits per heavy atom. The van der Waals surface area contributed by atoms with Crippen molar-refractivity contribution in [3.05, 3.63) is 28.4 Å². The number of rotatable bonds is 5. The van der Waals surface area contributed by atoms with Crippen molar-refractivity contribution in [2.75, 3.05) is 6.61 Å². The molecule has 2 aromatic rings. The smallest absolute Gasteiger partial charge is 0.303 e. The van der Waals surface area contributed by atoms with Gasteiger partial charge in [0, 0.05) is 44.5 Å². The SMILES string of the molecule is CC(=O)OC[C@H]1O[C@H](C#Cc2cc(Br)cc3cnn(C(C)=O)c23)[C@@H](OC(C)=O)[C@@H](OC(C)=O)[C@@H]1OC(C)=O. The molecule has 3 rings (SSSR count). The molecule has 38 heavy (non-hydrogen) atoms. The molecule has 5 atom stereocenters. The first-order valence-electron chi connectivity index (χ1n) is 11.4. The minimum atomic E-state index is -1.33. The van der Waals surface area contributed by atoms with Crippen molar-refractivity contribution < 1.29 is 47.7 Å². The minimum absolute atomic E-state index is 0.335. The lowest BCUT2D eigenvalue weighted by Gasteiger charge is -2.42. The van der Waals surface area contributed by atoms with E-state index >= 15 is 0 Å². The van der Waals surface area contributed by atoms with Gasteiger partial charge in [-0.1, -0.05) is 27.8 Å². The van der Waals surface area contributed by atoms with Gasteiger partial charge in [-0.05, 0) is 12.1 Å². The molecule has 0 amide bonds. The summed E-state index contributed by atoms with van der Waals surface area (Å²) >= 11 is 3.41. The van der Waals surface area contributed by atoms with E-state index in [1.165, 1.54) is 24.7 Å². The van der Waals surface area contributed by atoms with Crippen LogP contribution in [0.3, 0.4) is 0 Å². The number of hydrogen-bond donors (Lipinski definition) is 0. The maximum absolute atomic E-state index is 12.1. The van der Waals surface area contributed by atoms with Gasteiger partial charge in [-0.25, -0.2) is 0 Å². The van der Waals surface area contributed by atoms with E-state index in [0.29, 0.717) is 20.9 Å². The monoisotopic (exact) mass is 592 g/mol. The highest BCUT2D eigenvalue weighted by molar-refractivity contribution is 9.10. The summed E-state index contributed by atoms with van der Waals surface area (Å²) in [5, 5.41) is 4.74. The molecule has 1 fully saturated rings. The van der Waals surface area contributed by atoms with Crippen LogP contribution in [0.2, 0.25) is 0 Å². The number of ether oxygens (including phenoxy) is 5. The van der Waals surface area contributed by atoms with Crippen molar-refractivity contribution in [1.29, 1.82) is 0 Å². The first-order chi connectivity index (χ1) is 17.9. The van der Waals surface area contributed by atoms with Crippen LogP contribution in [0, 0.1) is 11.8 Å². The van der Waals surface area contributed by atoms with Crippen LogP contribution >= 0.6 is 15.9 Å². The molecule has 1 aromatic carbocycles. The lowest BCUT2D eigenvalue weighted by molar-refractivity contribution is -0.242. The van der Waals surface area contributed by atoms with E-state index in [4.69, 9.17) is 23.7 Å². The molecule has 13 heteroatoms. The number of halogens is 1. The predicted molar refractivity (Wildman–Crippen MR) is 133 cm³/mol. The van der Waals surface area contributed by atoms with Crippen LogP contribution in [0.5, 0.6) is 0 Å². The molecule has 2 heterocycles. The van der Waals surface area contributed by atoms with Gasteiger partial charge in [0.25, 0.3) is 0 Å². The zero-order valence-electron chi connectivity index (χ0n) is 21.2. The van der Waals surface area contributed by atoms with Crippen LogP contribution in [0.25, 0.3) is 10.9 Å². The van der Waals surface area contributed by atoms with Crippen molar-refractivity contribution >= 4 is 56.6 Å². The van der Waals surface area contributed by atoms with Crippen LogP contribution in [-0.2, 0) is 42.9 Å². The largest absolute Gasteiger partial charge is 0.463 e. The molecule has 12 nitrogen and oxygen atoms in total. The molecule has 1 aliphatic rings. The lowest BCUT2D eigenvalue weighted by Crippen LogP contribution is -2.62. The molecule has 0 aliphatic carbocycles. The van der Waals surface area contributed by atoms with Gasteiger partial charge in [-0.15, -0.1) is 0 Å². The maximum atomic E-state index is 12.1. The highest BCUT2D eigenvalue weighted by Gasteiger charge is 2.51. The highest BCUT2D eigenvalue weighted by Crippen LogP contribution is 2.30. The number of nitrogens with zero attached hydrogens (tertiary/aromatic N) is 2. The molecule has 1 aromatic heterocycles. The third-order valence-electron chi connectivity index (χ3n) is 5.27. The van der Waals surface area contributed by atoms with E-state index in [1.807, 2.05) is 0 Å². The van der Waals surface area contributed by atoms with Crippen LogP contribution in [0.15, 0.2) is 22.8 Å². The van der Waals surface area contributed by atoms with Crippen LogP contribution in [0.4, 0.5) is 0 Å². The van der Waals surface area contributed by atoms with Gasteiger partial charge < -0.3 is 23.7 Å². The second-order valence-corrected chi connectivity index (χ2v) is 9.27. The van der Waals surface area contributed by atoms with Gasteiger partial charge in [0.1, 0.15) is 12.7 Å². The number of fused-ring (bicyclic) bond motifs is 1. The summed E-state index contributed by atoms with van der Waals surface area (Å²) in [5.41, 5.74) is 0.841. The van der Waals surface area contributed by atoms with Gasteiger partial charge in [0.15, 0.2) is 24.4 Å². The van der Waals surface area contributed by atoms with Crippen molar-refractivity contribution in [1.82, 2.24) is 9.78 Å². The zero-order chi connectivity index (χ0) is 28.1. The Morgan fingerprint density at radius 1 is 0.921 bits per heavy atom. The molecule has 0 unspecified atom stereocenters. The number of carbonyl (C=O) groups is 5. The fourth-order valence-corrected chi connectivity index (χ4v) is 4.44. The van der Waals surface area contributed by atoms with E-state index in [1.54, 1.807) is 12.1 Å². The molecule has 0 saturated carbocycles. The normalized spacial score (nSPS) is 22.5. The second-order valence-electron chi connectivity index (χ2n) is 8.36. The Labute approximate surface area is 226 Å². The van der Waals surface area contributed by atoms with Crippen LogP contribution < -0.4 is 0 Å². The summed E-state index contributed by atoms with van der Waals surface area (Å²) in [6.07, 6.45) is -4.76. The summed E-state index contributed by atoms with van der Waals surface area (Å²) in [6.45, 7) is 5.58. The lowest BCUT2D eigenvalue weighted by atomic mass is 9.94. The van der Waals surface area contributed by atoms with E-state index in [9.17, 15) is 24.0 Å². The van der Waals surface area contributed by atoms with Crippen LogP contribution in [-0.4, -0.2) is 76.7 Å². The minimum Gasteiger partial charge on any atom is -0.463 e. The summed E-state index contributed by atoms with van der Waals surface area (Å²) in [4.78, 5) is 59.4. The summed E-state index contributed by atoms with van der Waals surface area (Å²) in [5.74, 6) is 2.62. The van der Waals surface area contributed by atoms with Gasteiger partial charge in [0.2, 0.25) is 5.91 Å². The van der Waals surface area contributed by atoms with E-state index < -0.39 is 54.4 Å². The topological polar surface area (TPSA) is 149 Å². The zero-order valence-corrected chi connectivity index (χ0v) is 22.8. The molecule has 0 bridgehead atoms. The molecule has 202 valence electrons. The quantitative estimate of drug-likeness (QED) is 0.284. The molecular weight excluding hydrogens is 568 g/mol. The van der Waals surface area contributed by atoms with Crippen molar-refractivity contribution in [2.24, 2.45) is 0 Å². The predicted octanol–water partition coefficient (Wildman–Crippen LogP) is 1.94. The van der Waals surface area contributed by atoms with E-state index in [-0.39, 0.29) is 12.5 Å². The van der Waals surface area contributed by atoms with Gasteiger partial charge in [0.05, 0.1) is 17.3 Å². The Kier molecular flexibility index (Phi) is 9.24. The van der Waals surface area contributed by atoms with Crippen molar-refractivity contribution in [3.8, 4) is 11.8 Å². The van der Waals surface area contributed by atoms with Gasteiger partial charge >= 0.3 is 23.9 Å². The molecule has 0 spiro atoms. The first kappa shape index (κ1) is 28.8. The number of esters is 4. The van der Waals surface area contributed by atoms with Crippen molar-refractivity contribution in [3.63, 3.8) is 0 Å². The van der Waals surface area contributed by atoms with E-state index in [0.717, 1.165) is 20.8 Å². The fraction of sp³-hybridized carbons (Fsp3) is 0.440.